The van der Waals surface area contributed by atoms with Gasteiger partial charge in [0.2, 0.25) is 5.78 Å². The molecule has 1 unspecified atom stereocenters. The van der Waals surface area contributed by atoms with Crippen molar-refractivity contribution >= 4 is 11.8 Å². The van der Waals surface area contributed by atoms with Crippen molar-refractivity contribution in [2.24, 2.45) is 0 Å². The molecule has 0 N–H and O–H groups in total. The van der Waals surface area contributed by atoms with E-state index in [2.05, 4.69) is 9.97 Å². The Bertz CT molecular complexity index is 626. The lowest BCUT2D eigenvalue weighted by Crippen LogP contribution is -2.24. The Balaban J connectivity index is 2.03. The number of ketones is 1. The highest BCUT2D eigenvalue weighted by Gasteiger charge is 2.21. The van der Waals surface area contributed by atoms with E-state index in [1.165, 1.54) is 25.5 Å². The van der Waals surface area contributed by atoms with E-state index in [0.29, 0.717) is 11.3 Å². The molecule has 0 bridgehead atoms. The van der Waals surface area contributed by atoms with Gasteiger partial charge in [-0.05, 0) is 31.2 Å². The van der Waals surface area contributed by atoms with E-state index >= 15 is 0 Å². The fraction of sp³-hybridized carbons (Fsp3) is 0.200. The normalized spacial score (nSPS) is 11.5. The SMILES string of the molecule is COc1ccc(C(=O)C(C)OC(=O)c2cnccn2)cc1. The molecule has 1 heterocycles. The molecule has 21 heavy (non-hydrogen) atoms. The minimum Gasteiger partial charge on any atom is -0.497 e. The van der Waals surface area contributed by atoms with Gasteiger partial charge in [0.25, 0.3) is 0 Å². The van der Waals surface area contributed by atoms with Gasteiger partial charge in [0.1, 0.15) is 5.75 Å². The van der Waals surface area contributed by atoms with Crippen LogP contribution in [0.4, 0.5) is 0 Å². The number of benzene rings is 1. The van der Waals surface area contributed by atoms with E-state index < -0.39 is 12.1 Å². The van der Waals surface area contributed by atoms with E-state index in [4.69, 9.17) is 9.47 Å². The fourth-order valence-corrected chi connectivity index (χ4v) is 1.67. The lowest BCUT2D eigenvalue weighted by molar-refractivity contribution is 0.0312. The minimum absolute atomic E-state index is 0.0619. The second-order valence-corrected chi connectivity index (χ2v) is 4.23. The van der Waals surface area contributed by atoms with Crippen LogP contribution in [0.1, 0.15) is 27.8 Å². The van der Waals surface area contributed by atoms with E-state index in [9.17, 15) is 9.59 Å². The van der Waals surface area contributed by atoms with Crippen LogP contribution in [0.5, 0.6) is 5.75 Å². The molecule has 0 fully saturated rings. The van der Waals surface area contributed by atoms with Crippen LogP contribution in [-0.4, -0.2) is 34.9 Å². The molecule has 1 atom stereocenters. The van der Waals surface area contributed by atoms with E-state index in [-0.39, 0.29) is 11.5 Å². The molecule has 2 aromatic rings. The van der Waals surface area contributed by atoms with Crippen molar-refractivity contribution in [2.45, 2.75) is 13.0 Å². The first-order valence-electron chi connectivity index (χ1n) is 6.27. The standard InChI is InChI=1S/C15H14N2O4/c1-10(21-15(19)13-9-16-7-8-17-13)14(18)11-3-5-12(20-2)6-4-11/h3-10H,1-2H3. The maximum atomic E-state index is 12.2. The van der Waals surface area contributed by atoms with Crippen molar-refractivity contribution in [1.29, 1.82) is 0 Å². The fourth-order valence-electron chi connectivity index (χ4n) is 1.67. The molecule has 0 spiro atoms. The van der Waals surface area contributed by atoms with Crippen LogP contribution in [0.2, 0.25) is 0 Å². The van der Waals surface area contributed by atoms with E-state index in [1.807, 2.05) is 0 Å². The number of carbonyl (C=O) groups excluding carboxylic acids is 2. The number of hydrogen-bond donors (Lipinski definition) is 0. The smallest absolute Gasteiger partial charge is 0.359 e. The van der Waals surface area contributed by atoms with Crippen LogP contribution in [0.3, 0.4) is 0 Å². The second kappa shape index (κ2) is 6.60. The van der Waals surface area contributed by atoms with Gasteiger partial charge in [0, 0.05) is 18.0 Å². The van der Waals surface area contributed by atoms with Crippen LogP contribution in [0.25, 0.3) is 0 Å². The average molecular weight is 286 g/mol. The third-order valence-electron chi connectivity index (χ3n) is 2.80. The van der Waals surface area contributed by atoms with Crippen molar-refractivity contribution in [2.75, 3.05) is 7.11 Å². The highest BCUT2D eigenvalue weighted by atomic mass is 16.5. The molecule has 0 amide bonds. The Morgan fingerprint density at radius 1 is 1.14 bits per heavy atom. The highest BCUT2D eigenvalue weighted by molar-refractivity contribution is 6.01. The molecule has 0 aliphatic heterocycles. The Morgan fingerprint density at radius 3 is 2.43 bits per heavy atom. The molecule has 0 saturated carbocycles. The van der Waals surface area contributed by atoms with Crippen LogP contribution >= 0.6 is 0 Å². The summed E-state index contributed by atoms with van der Waals surface area (Å²) in [6.07, 6.45) is 3.20. The number of ether oxygens (including phenoxy) is 2. The molecule has 1 aromatic carbocycles. The number of carbonyl (C=O) groups is 2. The molecule has 0 aliphatic rings. The summed E-state index contributed by atoms with van der Waals surface area (Å²) in [6.45, 7) is 1.51. The molecule has 2 rings (SSSR count). The summed E-state index contributed by atoms with van der Waals surface area (Å²) < 4.78 is 10.1. The minimum atomic E-state index is -0.909. The van der Waals surface area contributed by atoms with Crippen molar-refractivity contribution in [3.05, 3.63) is 54.1 Å². The van der Waals surface area contributed by atoms with Gasteiger partial charge in [-0.15, -0.1) is 0 Å². The first kappa shape index (κ1) is 14.6. The third-order valence-corrected chi connectivity index (χ3v) is 2.80. The van der Waals surface area contributed by atoms with Gasteiger partial charge in [-0.1, -0.05) is 0 Å². The van der Waals surface area contributed by atoms with Crippen molar-refractivity contribution in [3.63, 3.8) is 0 Å². The summed E-state index contributed by atoms with van der Waals surface area (Å²) in [5, 5.41) is 0. The second-order valence-electron chi connectivity index (χ2n) is 4.23. The Hall–Kier alpha value is -2.76. The zero-order chi connectivity index (χ0) is 15.2. The lowest BCUT2D eigenvalue weighted by Gasteiger charge is -2.12. The zero-order valence-electron chi connectivity index (χ0n) is 11.6. The monoisotopic (exact) mass is 286 g/mol. The molecular formula is C15H14N2O4. The summed E-state index contributed by atoms with van der Waals surface area (Å²) in [5.74, 6) is -0.330. The molecule has 6 nitrogen and oxygen atoms in total. The molecule has 0 aliphatic carbocycles. The predicted octanol–water partition coefficient (Wildman–Crippen LogP) is 1.91. The summed E-state index contributed by atoms with van der Waals surface area (Å²) in [5.41, 5.74) is 0.502. The van der Waals surface area contributed by atoms with E-state index in [0.717, 1.165) is 0 Å². The van der Waals surface area contributed by atoms with Gasteiger partial charge in [0.15, 0.2) is 11.8 Å². The molecule has 108 valence electrons. The first-order chi connectivity index (χ1) is 10.1. The Kier molecular flexibility index (Phi) is 4.61. The number of methoxy groups -OCH3 is 1. The van der Waals surface area contributed by atoms with Crippen molar-refractivity contribution < 1.29 is 19.1 Å². The number of esters is 1. The van der Waals surface area contributed by atoms with Gasteiger partial charge < -0.3 is 9.47 Å². The number of rotatable bonds is 5. The maximum Gasteiger partial charge on any atom is 0.359 e. The van der Waals surface area contributed by atoms with Crippen LogP contribution < -0.4 is 4.74 Å². The van der Waals surface area contributed by atoms with Gasteiger partial charge in [0.05, 0.1) is 13.3 Å². The van der Waals surface area contributed by atoms with Crippen molar-refractivity contribution in [3.8, 4) is 5.75 Å². The maximum absolute atomic E-state index is 12.2. The van der Waals surface area contributed by atoms with Crippen LogP contribution in [-0.2, 0) is 4.74 Å². The zero-order valence-corrected chi connectivity index (χ0v) is 11.6. The first-order valence-corrected chi connectivity index (χ1v) is 6.27. The predicted molar refractivity (Wildman–Crippen MR) is 74.2 cm³/mol. The van der Waals surface area contributed by atoms with Gasteiger partial charge in [-0.25, -0.2) is 9.78 Å². The summed E-state index contributed by atoms with van der Waals surface area (Å²) in [6, 6.07) is 6.58. The van der Waals surface area contributed by atoms with Crippen LogP contribution in [0.15, 0.2) is 42.9 Å². The summed E-state index contributed by atoms with van der Waals surface area (Å²) >= 11 is 0. The number of Topliss-reactive ketones (excluding diaryl/α,β-unsaturated/α-hetero) is 1. The third kappa shape index (κ3) is 3.62. The topological polar surface area (TPSA) is 78.4 Å². The number of hydrogen-bond acceptors (Lipinski definition) is 6. The summed E-state index contributed by atoms with van der Waals surface area (Å²) in [4.78, 5) is 31.5. The highest BCUT2D eigenvalue weighted by Crippen LogP contribution is 2.14. The van der Waals surface area contributed by atoms with Gasteiger partial charge in [-0.2, -0.15) is 0 Å². The van der Waals surface area contributed by atoms with Crippen LogP contribution in [0, 0.1) is 0 Å². The van der Waals surface area contributed by atoms with Gasteiger partial charge in [-0.3, -0.25) is 9.78 Å². The van der Waals surface area contributed by atoms with Gasteiger partial charge >= 0.3 is 5.97 Å². The number of nitrogens with zero attached hydrogens (tertiary/aromatic N) is 2. The Labute approximate surface area is 121 Å². The Morgan fingerprint density at radius 2 is 1.86 bits per heavy atom. The molecule has 0 saturated heterocycles. The molecule has 0 radical (unpaired) electrons. The number of aromatic nitrogens is 2. The molecular weight excluding hydrogens is 272 g/mol. The van der Waals surface area contributed by atoms with Crippen molar-refractivity contribution in [1.82, 2.24) is 9.97 Å². The summed E-state index contributed by atoms with van der Waals surface area (Å²) in [7, 11) is 1.54. The molecule has 6 heteroatoms. The average Bonchev–Trinajstić information content (AvgIpc) is 2.55. The molecule has 1 aromatic heterocycles. The largest absolute Gasteiger partial charge is 0.497 e. The quantitative estimate of drug-likeness (QED) is 0.617. The lowest BCUT2D eigenvalue weighted by atomic mass is 10.1. The van der Waals surface area contributed by atoms with E-state index in [1.54, 1.807) is 31.4 Å².